The molecule has 0 radical (unpaired) electrons. The van der Waals surface area contributed by atoms with E-state index in [9.17, 15) is 0 Å². The first-order valence-corrected chi connectivity index (χ1v) is 6.90. The van der Waals surface area contributed by atoms with E-state index in [0.717, 1.165) is 12.1 Å². The van der Waals surface area contributed by atoms with Gasteiger partial charge < -0.3 is 0 Å². The maximum Gasteiger partial charge on any atom is 0.0626 e. The van der Waals surface area contributed by atoms with Crippen LogP contribution >= 0.6 is 0 Å². The molecule has 1 heteroatoms. The average Bonchev–Trinajstić information content (AvgIpc) is 2.74. The van der Waals surface area contributed by atoms with Crippen molar-refractivity contribution in [1.82, 2.24) is 0 Å². The second kappa shape index (κ2) is 5.70. The third-order valence-electron chi connectivity index (χ3n) is 3.46. The van der Waals surface area contributed by atoms with E-state index in [1.54, 1.807) is 0 Å². The van der Waals surface area contributed by atoms with Crippen molar-refractivity contribution in [1.29, 1.82) is 0 Å². The molecule has 3 aliphatic rings. The summed E-state index contributed by atoms with van der Waals surface area (Å²) in [6.07, 6.45) is 13.4. The lowest BCUT2D eigenvalue weighted by atomic mass is 10.1. The van der Waals surface area contributed by atoms with Gasteiger partial charge in [0.15, 0.2) is 0 Å². The molecule has 0 unspecified atom stereocenters. The number of nitrogens with zero attached hydrogens (tertiary/aromatic N) is 1. The molecule has 0 fully saturated rings. The van der Waals surface area contributed by atoms with E-state index in [0.29, 0.717) is 0 Å². The smallest absolute Gasteiger partial charge is 0.0626 e. The van der Waals surface area contributed by atoms with E-state index in [-0.39, 0.29) is 0 Å². The Balaban J connectivity index is 1.97. The molecule has 0 N–H and O–H groups in total. The summed E-state index contributed by atoms with van der Waals surface area (Å²) in [6.45, 7) is 2.15. The van der Waals surface area contributed by atoms with E-state index in [1.807, 2.05) is 12.3 Å². The molecule has 3 rings (SSSR count). The lowest BCUT2D eigenvalue weighted by Gasteiger charge is -1.96. The first kappa shape index (κ1) is 12.6. The second-order valence-electron chi connectivity index (χ2n) is 4.94. The Kier molecular flexibility index (Phi) is 3.60. The van der Waals surface area contributed by atoms with Crippen molar-refractivity contribution >= 4 is 6.21 Å². The van der Waals surface area contributed by atoms with Crippen molar-refractivity contribution in [3.05, 3.63) is 83.6 Å². The Bertz CT molecular complexity index is 702. The standard InChI is InChI=1S/C19H17N/c1-15-13-16(19-12-8-4-7-11-18(15)19)14-20-17-9-5-2-3-6-10-17/h2,4-14H,3H2,1H3. The summed E-state index contributed by atoms with van der Waals surface area (Å²) in [7, 11) is 0. The highest BCUT2D eigenvalue weighted by molar-refractivity contribution is 5.94. The minimum atomic E-state index is 0.976. The van der Waals surface area contributed by atoms with Gasteiger partial charge in [0.05, 0.1) is 5.70 Å². The molecule has 0 atom stereocenters. The topological polar surface area (TPSA) is 12.4 Å². The first-order chi connectivity index (χ1) is 9.84. The lowest BCUT2D eigenvalue weighted by molar-refractivity contribution is 1.38. The zero-order valence-corrected chi connectivity index (χ0v) is 11.6. The fraction of sp³-hybridized carbons (Fsp3) is 0.105. The molecule has 20 heavy (non-hydrogen) atoms. The van der Waals surface area contributed by atoms with Gasteiger partial charge in [0.2, 0.25) is 0 Å². The van der Waals surface area contributed by atoms with Crippen LogP contribution in [0.3, 0.4) is 0 Å². The molecule has 1 nitrogen and oxygen atoms in total. The molecular formula is C19H17N. The normalized spacial score (nSPS) is 14.8. The van der Waals surface area contributed by atoms with Crippen LogP contribution in [0, 0.1) is 6.92 Å². The van der Waals surface area contributed by atoms with Crippen molar-refractivity contribution in [3.8, 4) is 11.1 Å². The molecule has 98 valence electrons. The summed E-state index contributed by atoms with van der Waals surface area (Å²) >= 11 is 0. The van der Waals surface area contributed by atoms with Crippen molar-refractivity contribution in [3.63, 3.8) is 0 Å². The summed E-state index contributed by atoms with van der Waals surface area (Å²) in [5.74, 6) is 0. The van der Waals surface area contributed by atoms with Crippen LogP contribution in [0.4, 0.5) is 0 Å². The predicted molar refractivity (Wildman–Crippen MR) is 86.4 cm³/mol. The van der Waals surface area contributed by atoms with Gasteiger partial charge in [0.25, 0.3) is 0 Å². The first-order valence-electron chi connectivity index (χ1n) is 6.90. The van der Waals surface area contributed by atoms with Crippen LogP contribution in [0.15, 0.2) is 77.5 Å². The minimum Gasteiger partial charge on any atom is -0.256 e. The van der Waals surface area contributed by atoms with Crippen LogP contribution in [0.2, 0.25) is 0 Å². The fourth-order valence-corrected chi connectivity index (χ4v) is 2.44. The number of aryl methyl sites for hydroxylation is 1. The number of aliphatic imine (C=N–C) groups is 1. The number of hydrogen-bond acceptors (Lipinski definition) is 1. The Morgan fingerprint density at radius 3 is 2.80 bits per heavy atom. The van der Waals surface area contributed by atoms with Crippen LogP contribution < -0.4 is 0 Å². The minimum absolute atomic E-state index is 0.976. The van der Waals surface area contributed by atoms with Gasteiger partial charge in [-0.05, 0) is 48.3 Å². The second-order valence-corrected chi connectivity index (χ2v) is 4.94. The van der Waals surface area contributed by atoms with Gasteiger partial charge in [-0.25, -0.2) is 0 Å². The van der Waals surface area contributed by atoms with Gasteiger partial charge in [-0.15, -0.1) is 0 Å². The number of rotatable bonds is 2. The van der Waals surface area contributed by atoms with E-state index in [4.69, 9.17) is 0 Å². The molecule has 0 aliphatic heterocycles. The summed E-state index contributed by atoms with van der Waals surface area (Å²) in [5, 5.41) is 0. The van der Waals surface area contributed by atoms with E-state index in [1.165, 1.54) is 22.3 Å². The van der Waals surface area contributed by atoms with Gasteiger partial charge in [-0.1, -0.05) is 48.6 Å². The summed E-state index contributed by atoms with van der Waals surface area (Å²) in [6, 6.07) is 12.7. The van der Waals surface area contributed by atoms with Crippen LogP contribution in [0.1, 0.15) is 17.5 Å². The highest BCUT2D eigenvalue weighted by Crippen LogP contribution is 2.30. The van der Waals surface area contributed by atoms with Crippen molar-refractivity contribution in [2.45, 2.75) is 13.3 Å². The highest BCUT2D eigenvalue weighted by atomic mass is 14.7. The zero-order chi connectivity index (χ0) is 13.8. The maximum absolute atomic E-state index is 4.60. The van der Waals surface area contributed by atoms with Crippen molar-refractivity contribution < 1.29 is 0 Å². The van der Waals surface area contributed by atoms with Crippen LogP contribution in [-0.2, 0) is 0 Å². The molecule has 0 saturated heterocycles. The Morgan fingerprint density at radius 1 is 1.05 bits per heavy atom. The number of allylic oxidation sites excluding steroid dienone is 5. The van der Waals surface area contributed by atoms with Crippen LogP contribution in [-0.4, -0.2) is 6.21 Å². The molecule has 0 aromatic carbocycles. The monoisotopic (exact) mass is 259 g/mol. The molecule has 0 saturated carbocycles. The maximum atomic E-state index is 4.60. The van der Waals surface area contributed by atoms with E-state index < -0.39 is 0 Å². The van der Waals surface area contributed by atoms with Crippen LogP contribution in [0.5, 0.6) is 0 Å². The van der Waals surface area contributed by atoms with Gasteiger partial charge in [-0.2, -0.15) is 0 Å². The molecule has 0 spiro atoms. The SMILES string of the molecule is Cc1cc(C=NC2=CC=CCC=C2)c2cccccc1-2. The Labute approximate surface area is 120 Å². The molecule has 0 aromatic heterocycles. The van der Waals surface area contributed by atoms with E-state index >= 15 is 0 Å². The summed E-state index contributed by atoms with van der Waals surface area (Å²) in [5.41, 5.74) is 6.01. The zero-order valence-electron chi connectivity index (χ0n) is 11.6. The summed E-state index contributed by atoms with van der Waals surface area (Å²) in [4.78, 5) is 4.60. The van der Waals surface area contributed by atoms with Crippen molar-refractivity contribution in [2.24, 2.45) is 4.99 Å². The average molecular weight is 259 g/mol. The Morgan fingerprint density at radius 2 is 1.90 bits per heavy atom. The quantitative estimate of drug-likeness (QED) is 0.679. The highest BCUT2D eigenvalue weighted by Gasteiger charge is 2.09. The fourth-order valence-electron chi connectivity index (χ4n) is 2.44. The van der Waals surface area contributed by atoms with E-state index in [2.05, 4.69) is 72.6 Å². The van der Waals surface area contributed by atoms with Crippen LogP contribution in [0.25, 0.3) is 11.1 Å². The summed E-state index contributed by atoms with van der Waals surface area (Å²) < 4.78 is 0. The van der Waals surface area contributed by atoms with Gasteiger partial charge in [0, 0.05) is 11.8 Å². The molecule has 0 heterocycles. The van der Waals surface area contributed by atoms with Gasteiger partial charge in [0.1, 0.15) is 0 Å². The lowest BCUT2D eigenvalue weighted by Crippen LogP contribution is -1.81. The van der Waals surface area contributed by atoms with Crippen molar-refractivity contribution in [2.75, 3.05) is 0 Å². The molecule has 0 aromatic rings. The molecular weight excluding hydrogens is 242 g/mol. The Hall–Kier alpha value is -2.41. The predicted octanol–water partition coefficient (Wildman–Crippen LogP) is 4.92. The van der Waals surface area contributed by atoms with Gasteiger partial charge >= 0.3 is 0 Å². The number of fused-ring (bicyclic) bond motifs is 1. The molecule has 0 bridgehead atoms. The molecule has 3 aliphatic carbocycles. The third kappa shape index (κ3) is 2.62. The molecule has 0 amide bonds. The number of hydrogen-bond donors (Lipinski definition) is 0. The third-order valence-corrected chi connectivity index (χ3v) is 3.46. The van der Waals surface area contributed by atoms with Gasteiger partial charge in [-0.3, -0.25) is 4.99 Å². The largest absolute Gasteiger partial charge is 0.256 e.